The van der Waals surface area contributed by atoms with Crippen molar-refractivity contribution in [1.29, 1.82) is 0 Å². The first kappa shape index (κ1) is 51.5. The van der Waals surface area contributed by atoms with Gasteiger partial charge in [0.2, 0.25) is 27.6 Å². The molecule has 366 valence electrons. The first-order chi connectivity index (χ1) is 33.7. The number of ketones is 1. The third-order valence-corrected chi connectivity index (χ3v) is 16.2. The zero-order chi connectivity index (χ0) is 48.3. The Morgan fingerprint density at radius 2 is 1.23 bits per heavy atom. The fourth-order valence-corrected chi connectivity index (χ4v) is 12.0. The quantitative estimate of drug-likeness (QED) is 0.0564. The molecule has 10 nitrogen and oxygen atoms in total. The van der Waals surface area contributed by atoms with Crippen LogP contribution < -0.4 is 10.6 Å². The molecular formula is C58H72N4O6S. The number of sulfonamides is 1. The number of aryl methyl sites for hydroxylation is 3. The van der Waals surface area contributed by atoms with Crippen LogP contribution >= 0.6 is 0 Å². The lowest BCUT2D eigenvalue weighted by Crippen LogP contribution is -2.57. The van der Waals surface area contributed by atoms with Crippen LogP contribution in [-0.4, -0.2) is 83.8 Å². The molecule has 0 aromatic heterocycles. The van der Waals surface area contributed by atoms with Crippen LogP contribution in [0.25, 0.3) is 0 Å². The second-order valence-electron chi connectivity index (χ2n) is 19.3. The smallest absolute Gasteiger partial charge is 0.243 e. The van der Waals surface area contributed by atoms with E-state index < -0.39 is 34.1 Å². The molecule has 2 aliphatic heterocycles. The standard InChI is InChI=1S/C58H72N4O6S/c63-55(58(66)61-43-15-13-37-53(61)56(64)59-50(33-17-29-45-21-5-1-6-22-45)34-18-30-46-23-7-2-8-24-46)49-39-41-52(42-40-49)69(67,68)62-44-16-14-38-54(62)57(65)60-51(35-19-31-47-25-9-3-10-26-47)36-20-32-48-27-11-4-12-28-48/h1-3,5-11,21-23,25-28,39-42,46,50-51,53-54,58,66H,13-20,24,29-38,43-44H2,(H,59,64)(H,60,65)/t46?,50?,51?,53-,54-,58?/m0/s1. The summed E-state index contributed by atoms with van der Waals surface area (Å²) in [6.07, 6.45) is 22.5. The van der Waals surface area contributed by atoms with Crippen molar-refractivity contribution >= 4 is 27.6 Å². The van der Waals surface area contributed by atoms with Crippen LogP contribution in [0.1, 0.15) is 130 Å². The summed E-state index contributed by atoms with van der Waals surface area (Å²) < 4.78 is 30.0. The van der Waals surface area contributed by atoms with Crippen LogP contribution in [0.5, 0.6) is 0 Å². The number of hydrogen-bond donors (Lipinski definition) is 3. The van der Waals surface area contributed by atoms with Gasteiger partial charge < -0.3 is 15.7 Å². The number of carbonyl (C=O) groups is 3. The molecule has 69 heavy (non-hydrogen) atoms. The predicted molar refractivity (Wildman–Crippen MR) is 273 cm³/mol. The number of aliphatic hydroxyl groups excluding tert-OH is 1. The minimum absolute atomic E-state index is 0.0194. The van der Waals surface area contributed by atoms with Gasteiger partial charge in [-0.15, -0.1) is 0 Å². The van der Waals surface area contributed by atoms with Gasteiger partial charge in [-0.05, 0) is 162 Å². The molecule has 3 aliphatic rings. The van der Waals surface area contributed by atoms with Crippen molar-refractivity contribution in [3.05, 3.63) is 162 Å². The molecule has 2 heterocycles. The summed E-state index contributed by atoms with van der Waals surface area (Å²) in [5.74, 6) is -0.540. The number of piperidine rings is 2. The van der Waals surface area contributed by atoms with Crippen LogP contribution in [0, 0.1) is 18.1 Å². The van der Waals surface area contributed by atoms with E-state index in [0.29, 0.717) is 31.7 Å². The highest BCUT2D eigenvalue weighted by Crippen LogP contribution is 2.28. The Labute approximate surface area is 411 Å². The van der Waals surface area contributed by atoms with Crippen molar-refractivity contribution in [2.24, 2.45) is 5.92 Å². The Bertz CT molecular complexity index is 2330. The maximum absolute atomic E-state index is 14.3. The molecule has 2 fully saturated rings. The molecule has 1 aliphatic carbocycles. The number of carbonyl (C=O) groups excluding carboxylic acids is 3. The number of nitrogens with zero attached hydrogens (tertiary/aromatic N) is 2. The first-order valence-corrected chi connectivity index (χ1v) is 27.1. The molecule has 0 bridgehead atoms. The van der Waals surface area contributed by atoms with Gasteiger partial charge in [-0.25, -0.2) is 8.42 Å². The number of benzene rings is 3. The Morgan fingerprint density at radius 1 is 0.652 bits per heavy atom. The summed E-state index contributed by atoms with van der Waals surface area (Å²) in [6.45, 7) is 0.594. The Kier molecular flexibility index (Phi) is 19.8. The van der Waals surface area contributed by atoms with Crippen LogP contribution in [0.3, 0.4) is 0 Å². The SMILES string of the molecule is O=C(c1ccc(S(=O)(=O)N2CCCC[C@H]2C(=O)NC(CCCc2cc#ccc2)CCCc2ccccc2)cc1)C(O)N1CCCC[C@H]1C(=O)NC(CCCc1ccccc1)CCCC1C=CC=CC1. The molecule has 4 aromatic carbocycles. The molecule has 2 amide bonds. The van der Waals surface area contributed by atoms with Crippen molar-refractivity contribution in [3.8, 4) is 0 Å². The van der Waals surface area contributed by atoms with E-state index in [1.165, 1.54) is 39.7 Å². The van der Waals surface area contributed by atoms with Crippen molar-refractivity contribution in [1.82, 2.24) is 19.8 Å². The van der Waals surface area contributed by atoms with E-state index in [9.17, 15) is 27.9 Å². The zero-order valence-corrected chi connectivity index (χ0v) is 41.0. The number of likely N-dealkylation sites (tertiary alicyclic amines) is 1. The molecule has 0 radical (unpaired) electrons. The molecule has 0 saturated carbocycles. The lowest BCUT2D eigenvalue weighted by Gasteiger charge is -2.38. The molecule has 6 atom stereocenters. The summed E-state index contributed by atoms with van der Waals surface area (Å²) >= 11 is 0. The second kappa shape index (κ2) is 26.6. The minimum Gasteiger partial charge on any atom is -0.371 e. The van der Waals surface area contributed by atoms with E-state index in [1.54, 1.807) is 4.90 Å². The highest BCUT2D eigenvalue weighted by atomic mass is 32.2. The maximum Gasteiger partial charge on any atom is 0.243 e. The number of amides is 2. The van der Waals surface area contributed by atoms with E-state index in [0.717, 1.165) is 108 Å². The number of Topliss-reactive ketones (excluding diaryl/α,β-unsaturated/α-hetero) is 1. The molecule has 11 heteroatoms. The number of aliphatic hydroxyl groups is 1. The third-order valence-electron chi connectivity index (χ3n) is 14.2. The van der Waals surface area contributed by atoms with Crippen LogP contribution in [0.2, 0.25) is 0 Å². The normalized spacial score (nSPS) is 19.7. The molecule has 4 unspecified atom stereocenters. The molecule has 7 rings (SSSR count). The third kappa shape index (κ3) is 15.3. The number of allylic oxidation sites excluding steroid dienone is 4. The van der Waals surface area contributed by atoms with E-state index in [1.807, 2.05) is 54.6 Å². The van der Waals surface area contributed by atoms with Crippen molar-refractivity contribution in [3.63, 3.8) is 0 Å². The molecule has 2 saturated heterocycles. The van der Waals surface area contributed by atoms with Gasteiger partial charge in [-0.3, -0.25) is 19.3 Å². The van der Waals surface area contributed by atoms with Crippen molar-refractivity contribution < 1.29 is 27.9 Å². The summed E-state index contributed by atoms with van der Waals surface area (Å²) in [7, 11) is -4.13. The summed E-state index contributed by atoms with van der Waals surface area (Å²) in [5, 5.41) is 18.3. The van der Waals surface area contributed by atoms with Gasteiger partial charge in [0.15, 0.2) is 6.23 Å². The monoisotopic (exact) mass is 953 g/mol. The van der Waals surface area contributed by atoms with Gasteiger partial charge in [0, 0.05) is 30.7 Å². The average molecular weight is 953 g/mol. The fourth-order valence-electron chi connectivity index (χ4n) is 10.3. The van der Waals surface area contributed by atoms with Crippen molar-refractivity contribution in [2.75, 3.05) is 13.1 Å². The van der Waals surface area contributed by atoms with Crippen LogP contribution in [0.4, 0.5) is 0 Å². The maximum atomic E-state index is 14.3. The van der Waals surface area contributed by atoms with E-state index in [4.69, 9.17) is 0 Å². The van der Waals surface area contributed by atoms with E-state index in [2.05, 4.69) is 71.3 Å². The van der Waals surface area contributed by atoms with E-state index >= 15 is 0 Å². The van der Waals surface area contributed by atoms with Gasteiger partial charge >= 0.3 is 0 Å². The molecule has 4 aromatic rings. The lowest BCUT2D eigenvalue weighted by molar-refractivity contribution is -0.132. The molecular weight excluding hydrogens is 881 g/mol. The van der Waals surface area contributed by atoms with Gasteiger partial charge in [0.25, 0.3) is 0 Å². The summed E-state index contributed by atoms with van der Waals surface area (Å²) in [5.41, 5.74) is 3.82. The van der Waals surface area contributed by atoms with Crippen LogP contribution in [-0.2, 0) is 38.9 Å². The van der Waals surface area contributed by atoms with Gasteiger partial charge in [-0.2, -0.15) is 4.31 Å². The molecule has 3 N–H and O–H groups in total. The number of rotatable bonds is 25. The zero-order valence-electron chi connectivity index (χ0n) is 40.2. The second-order valence-corrected chi connectivity index (χ2v) is 21.2. The van der Waals surface area contributed by atoms with Gasteiger partial charge in [0.05, 0.1) is 10.9 Å². The summed E-state index contributed by atoms with van der Waals surface area (Å²) in [6, 6.07) is 36.4. The Morgan fingerprint density at radius 3 is 1.83 bits per heavy atom. The topological polar surface area (TPSA) is 136 Å². The Balaban J connectivity index is 0.970. The summed E-state index contributed by atoms with van der Waals surface area (Å²) in [4.78, 5) is 43.8. The van der Waals surface area contributed by atoms with Crippen molar-refractivity contribution in [2.45, 2.75) is 157 Å². The number of hydrogen-bond acceptors (Lipinski definition) is 7. The van der Waals surface area contributed by atoms with Gasteiger partial charge in [0.1, 0.15) is 6.04 Å². The molecule has 0 spiro atoms. The highest BCUT2D eigenvalue weighted by molar-refractivity contribution is 7.89. The minimum atomic E-state index is -4.13. The predicted octanol–water partition coefficient (Wildman–Crippen LogP) is 9.53. The first-order valence-electron chi connectivity index (χ1n) is 25.6. The highest BCUT2D eigenvalue weighted by Gasteiger charge is 2.40. The fraction of sp³-hybridized carbons (Fsp3) is 0.466. The number of nitrogens with one attached hydrogen (secondary N) is 2. The van der Waals surface area contributed by atoms with Crippen LogP contribution in [0.15, 0.2) is 132 Å². The largest absolute Gasteiger partial charge is 0.371 e. The Hall–Kier alpha value is -5.38. The van der Waals surface area contributed by atoms with Gasteiger partial charge in [-0.1, -0.05) is 122 Å². The lowest BCUT2D eigenvalue weighted by atomic mass is 9.92. The van der Waals surface area contributed by atoms with E-state index in [-0.39, 0.29) is 40.9 Å². The average Bonchev–Trinajstić information content (AvgIpc) is 3.39.